The van der Waals surface area contributed by atoms with Crippen LogP contribution in [-0.4, -0.2) is 19.4 Å². The van der Waals surface area contributed by atoms with Crippen molar-refractivity contribution in [2.24, 2.45) is 0 Å². The summed E-state index contributed by atoms with van der Waals surface area (Å²) in [5.74, 6) is -0.422. The molecule has 0 radical (unpaired) electrons. The molecule has 1 saturated carbocycles. The average Bonchev–Trinajstić information content (AvgIpc) is 3.06. The highest BCUT2D eigenvalue weighted by atomic mass is 32.2. The standard InChI is InChI=1S/C19H17FN2O2S2/c1-19(13-5-3-2-4-6-13)11-17(19)22-26(23,24)18-10-9-16(25-18)15-8-7-14(20)12-21-15/h2-10,12,17,22H,11H2,1H3/t17-,19+/m0/s1. The van der Waals surface area contributed by atoms with E-state index in [1.54, 1.807) is 18.2 Å². The summed E-state index contributed by atoms with van der Waals surface area (Å²) >= 11 is 1.13. The van der Waals surface area contributed by atoms with E-state index in [0.717, 1.165) is 29.5 Å². The van der Waals surface area contributed by atoms with Crippen molar-refractivity contribution in [3.05, 3.63) is 72.2 Å². The smallest absolute Gasteiger partial charge is 0.250 e. The van der Waals surface area contributed by atoms with Crippen LogP contribution in [0.15, 0.2) is 65.0 Å². The van der Waals surface area contributed by atoms with E-state index < -0.39 is 15.8 Å². The Balaban J connectivity index is 1.52. The molecule has 2 atom stereocenters. The normalized spacial score (nSPS) is 22.3. The summed E-state index contributed by atoms with van der Waals surface area (Å²) < 4.78 is 41.5. The van der Waals surface area contributed by atoms with Crippen LogP contribution in [0.3, 0.4) is 0 Å². The number of thiophene rings is 1. The van der Waals surface area contributed by atoms with Crippen molar-refractivity contribution in [1.29, 1.82) is 0 Å². The maximum Gasteiger partial charge on any atom is 0.250 e. The first-order valence-electron chi connectivity index (χ1n) is 8.18. The van der Waals surface area contributed by atoms with Gasteiger partial charge in [-0.05, 0) is 36.2 Å². The van der Waals surface area contributed by atoms with E-state index in [1.165, 1.54) is 6.07 Å². The van der Waals surface area contributed by atoms with Gasteiger partial charge in [0.1, 0.15) is 10.0 Å². The quantitative estimate of drug-likeness (QED) is 0.720. The van der Waals surface area contributed by atoms with Gasteiger partial charge in [-0.25, -0.2) is 17.5 Å². The first-order chi connectivity index (χ1) is 12.4. The second kappa shape index (κ2) is 6.26. The summed E-state index contributed by atoms with van der Waals surface area (Å²) in [4.78, 5) is 4.69. The number of halogens is 1. The van der Waals surface area contributed by atoms with Gasteiger partial charge in [-0.3, -0.25) is 4.98 Å². The first-order valence-corrected chi connectivity index (χ1v) is 10.5. The number of benzene rings is 1. The second-order valence-corrected chi connectivity index (χ2v) is 9.67. The molecule has 1 aliphatic rings. The van der Waals surface area contributed by atoms with Gasteiger partial charge >= 0.3 is 0 Å². The molecule has 0 amide bonds. The van der Waals surface area contributed by atoms with Crippen molar-refractivity contribution in [3.63, 3.8) is 0 Å². The SMILES string of the molecule is C[C@]1(c2ccccc2)C[C@@H]1NS(=O)(=O)c1ccc(-c2ccc(F)cn2)s1. The van der Waals surface area contributed by atoms with Crippen molar-refractivity contribution >= 4 is 21.4 Å². The average molecular weight is 388 g/mol. The molecule has 0 spiro atoms. The molecule has 4 nitrogen and oxygen atoms in total. The monoisotopic (exact) mass is 388 g/mol. The molecule has 0 bridgehead atoms. The molecule has 1 aromatic carbocycles. The van der Waals surface area contributed by atoms with Gasteiger partial charge in [-0.15, -0.1) is 11.3 Å². The Morgan fingerprint density at radius 3 is 2.62 bits per heavy atom. The molecule has 4 rings (SSSR count). The third-order valence-corrected chi connectivity index (χ3v) is 7.87. The molecule has 26 heavy (non-hydrogen) atoms. The number of rotatable bonds is 5. The summed E-state index contributed by atoms with van der Waals surface area (Å²) in [5.41, 5.74) is 1.51. The maximum atomic E-state index is 13.0. The lowest BCUT2D eigenvalue weighted by atomic mass is 9.98. The topological polar surface area (TPSA) is 59.1 Å². The lowest BCUT2D eigenvalue weighted by Gasteiger charge is -2.12. The molecular weight excluding hydrogens is 371 g/mol. The fraction of sp³-hybridized carbons (Fsp3) is 0.211. The molecule has 0 saturated heterocycles. The number of nitrogens with zero attached hydrogens (tertiary/aromatic N) is 1. The van der Waals surface area contributed by atoms with Crippen LogP contribution in [0.2, 0.25) is 0 Å². The van der Waals surface area contributed by atoms with Gasteiger partial charge in [-0.2, -0.15) is 0 Å². The summed E-state index contributed by atoms with van der Waals surface area (Å²) in [5, 5.41) is 0. The second-order valence-electron chi connectivity index (χ2n) is 6.64. The molecular formula is C19H17FN2O2S2. The molecule has 0 unspecified atom stereocenters. The van der Waals surface area contributed by atoms with Gasteiger partial charge < -0.3 is 0 Å². The lowest BCUT2D eigenvalue weighted by molar-refractivity contribution is 0.576. The molecule has 3 aromatic rings. The zero-order chi connectivity index (χ0) is 18.4. The van der Waals surface area contributed by atoms with Crippen LogP contribution in [0.1, 0.15) is 18.9 Å². The van der Waals surface area contributed by atoms with Crippen LogP contribution in [0.4, 0.5) is 4.39 Å². The van der Waals surface area contributed by atoms with E-state index in [0.29, 0.717) is 10.6 Å². The number of hydrogen-bond acceptors (Lipinski definition) is 4. The van der Waals surface area contributed by atoms with Crippen molar-refractivity contribution < 1.29 is 12.8 Å². The fourth-order valence-electron chi connectivity index (χ4n) is 3.04. The third kappa shape index (κ3) is 3.18. The minimum absolute atomic E-state index is 0.121. The molecule has 2 aromatic heterocycles. The van der Waals surface area contributed by atoms with E-state index >= 15 is 0 Å². The molecule has 134 valence electrons. The van der Waals surface area contributed by atoms with Gasteiger partial charge in [0.05, 0.1) is 16.8 Å². The first kappa shape index (κ1) is 17.3. The van der Waals surface area contributed by atoms with Crippen molar-refractivity contribution in [2.75, 3.05) is 0 Å². The Bertz CT molecular complexity index is 1030. The summed E-state index contributed by atoms with van der Waals surface area (Å²) in [6, 6.07) is 15.9. The lowest BCUT2D eigenvalue weighted by Crippen LogP contribution is -2.29. The minimum atomic E-state index is -3.60. The zero-order valence-electron chi connectivity index (χ0n) is 14.0. The highest BCUT2D eigenvalue weighted by Gasteiger charge is 2.53. The van der Waals surface area contributed by atoms with Crippen molar-refractivity contribution in [2.45, 2.75) is 29.0 Å². The van der Waals surface area contributed by atoms with E-state index in [4.69, 9.17) is 0 Å². The molecule has 2 heterocycles. The largest absolute Gasteiger partial charge is 0.252 e. The van der Waals surface area contributed by atoms with Gasteiger partial charge in [0.15, 0.2) is 0 Å². The molecule has 1 fully saturated rings. The predicted octanol–water partition coefficient (Wildman–Crippen LogP) is 3.96. The number of pyridine rings is 1. The Hall–Kier alpha value is -2.09. The number of hydrogen-bond donors (Lipinski definition) is 1. The summed E-state index contributed by atoms with van der Waals surface area (Å²) in [6.07, 6.45) is 1.89. The Morgan fingerprint density at radius 1 is 1.15 bits per heavy atom. The maximum absolute atomic E-state index is 13.0. The van der Waals surface area contributed by atoms with Crippen molar-refractivity contribution in [1.82, 2.24) is 9.71 Å². The Morgan fingerprint density at radius 2 is 1.92 bits per heavy atom. The van der Waals surface area contributed by atoms with Gasteiger partial charge in [0, 0.05) is 11.5 Å². The fourth-order valence-corrected chi connectivity index (χ4v) is 5.69. The van der Waals surface area contributed by atoms with Crippen LogP contribution in [0, 0.1) is 5.82 Å². The zero-order valence-corrected chi connectivity index (χ0v) is 15.6. The van der Waals surface area contributed by atoms with Crippen LogP contribution in [-0.2, 0) is 15.4 Å². The molecule has 0 aliphatic heterocycles. The van der Waals surface area contributed by atoms with Crippen LogP contribution in [0.25, 0.3) is 10.6 Å². The van der Waals surface area contributed by atoms with E-state index in [-0.39, 0.29) is 15.7 Å². The van der Waals surface area contributed by atoms with Crippen LogP contribution >= 0.6 is 11.3 Å². The van der Waals surface area contributed by atoms with E-state index in [2.05, 4.69) is 16.6 Å². The molecule has 1 aliphatic carbocycles. The van der Waals surface area contributed by atoms with E-state index in [9.17, 15) is 12.8 Å². The minimum Gasteiger partial charge on any atom is -0.252 e. The number of nitrogens with one attached hydrogen (secondary N) is 1. The Labute approximate surface area is 155 Å². The van der Waals surface area contributed by atoms with Crippen LogP contribution < -0.4 is 4.72 Å². The highest BCUT2D eigenvalue weighted by molar-refractivity contribution is 7.91. The summed E-state index contributed by atoms with van der Waals surface area (Å²) in [6.45, 7) is 2.07. The van der Waals surface area contributed by atoms with Crippen molar-refractivity contribution in [3.8, 4) is 10.6 Å². The third-order valence-electron chi connectivity index (χ3n) is 4.79. The summed E-state index contributed by atoms with van der Waals surface area (Å²) in [7, 11) is -3.60. The molecule has 7 heteroatoms. The van der Waals surface area contributed by atoms with Gasteiger partial charge in [-0.1, -0.05) is 37.3 Å². The molecule has 1 N–H and O–H groups in total. The number of sulfonamides is 1. The predicted molar refractivity (Wildman–Crippen MR) is 100 cm³/mol. The van der Waals surface area contributed by atoms with E-state index in [1.807, 2.05) is 30.3 Å². The Kier molecular flexibility index (Phi) is 4.17. The van der Waals surface area contributed by atoms with Crippen LogP contribution in [0.5, 0.6) is 0 Å². The number of aromatic nitrogens is 1. The van der Waals surface area contributed by atoms with Gasteiger partial charge in [0.25, 0.3) is 0 Å². The highest BCUT2D eigenvalue weighted by Crippen LogP contribution is 2.48. The van der Waals surface area contributed by atoms with Gasteiger partial charge in [0.2, 0.25) is 10.0 Å².